The van der Waals surface area contributed by atoms with E-state index in [1.165, 1.54) is 0 Å². The summed E-state index contributed by atoms with van der Waals surface area (Å²) in [5, 5.41) is 11.6. The lowest BCUT2D eigenvalue weighted by Crippen LogP contribution is -2.42. The highest BCUT2D eigenvalue weighted by atomic mass is 35.5. The van der Waals surface area contributed by atoms with Gasteiger partial charge in [-0.3, -0.25) is 4.79 Å². The largest absolute Gasteiger partial charge is 0.370 e. The minimum atomic E-state index is -0.254. The second-order valence-corrected chi connectivity index (χ2v) is 8.88. The lowest BCUT2D eigenvalue weighted by atomic mass is 10.0. The van der Waals surface area contributed by atoms with E-state index in [-0.39, 0.29) is 5.91 Å². The third-order valence-corrected chi connectivity index (χ3v) is 6.45. The van der Waals surface area contributed by atoms with Crippen LogP contribution in [0.5, 0.6) is 0 Å². The Balaban J connectivity index is 1.38. The molecule has 1 aliphatic rings. The Bertz CT molecular complexity index is 1310. The molecule has 34 heavy (non-hydrogen) atoms. The van der Waals surface area contributed by atoms with E-state index in [4.69, 9.17) is 11.6 Å². The van der Waals surface area contributed by atoms with Crippen LogP contribution in [0.25, 0.3) is 16.8 Å². The van der Waals surface area contributed by atoms with Gasteiger partial charge in [-0.2, -0.15) is 5.10 Å². The highest BCUT2D eigenvalue weighted by Crippen LogP contribution is 2.29. The maximum absolute atomic E-state index is 13.2. The van der Waals surface area contributed by atoms with E-state index < -0.39 is 0 Å². The first-order valence-electron chi connectivity index (χ1n) is 11.6. The van der Waals surface area contributed by atoms with Gasteiger partial charge in [0.2, 0.25) is 0 Å². The molecule has 5 rings (SSSR count). The molecule has 0 spiro atoms. The molecule has 0 bridgehead atoms. The standard InChI is InChI=1S/C26H27ClN6O/c1-2-28-20-10-13-32(14-11-20)24-9-4-3-8-22(24)31-26(34)23-12-15-33-25(30-23)21(17-29-33)18-6-5-7-19(27)16-18/h3-9,12,15-17,20,28H,2,10-11,13-14H2,1H3,(H,31,34). The highest BCUT2D eigenvalue weighted by Gasteiger charge is 2.21. The number of aromatic nitrogens is 3. The van der Waals surface area contributed by atoms with Crippen LogP contribution in [0.15, 0.2) is 67.0 Å². The van der Waals surface area contributed by atoms with Gasteiger partial charge in [0.25, 0.3) is 5.91 Å². The molecule has 0 unspecified atom stereocenters. The summed E-state index contributed by atoms with van der Waals surface area (Å²) in [4.78, 5) is 20.2. The maximum atomic E-state index is 13.2. The van der Waals surface area contributed by atoms with Crippen molar-refractivity contribution in [2.24, 2.45) is 0 Å². The van der Waals surface area contributed by atoms with E-state index in [2.05, 4.69) is 38.6 Å². The molecule has 0 radical (unpaired) electrons. The number of fused-ring (bicyclic) bond motifs is 1. The van der Waals surface area contributed by atoms with Gasteiger partial charge in [0.1, 0.15) is 5.69 Å². The van der Waals surface area contributed by atoms with Crippen molar-refractivity contribution >= 4 is 34.5 Å². The van der Waals surface area contributed by atoms with Crippen molar-refractivity contribution in [1.82, 2.24) is 19.9 Å². The Labute approximate surface area is 203 Å². The monoisotopic (exact) mass is 474 g/mol. The maximum Gasteiger partial charge on any atom is 0.274 e. The lowest BCUT2D eigenvalue weighted by molar-refractivity contribution is 0.102. The van der Waals surface area contributed by atoms with Crippen molar-refractivity contribution in [2.45, 2.75) is 25.8 Å². The molecule has 3 heterocycles. The number of amides is 1. The number of halogens is 1. The zero-order valence-corrected chi connectivity index (χ0v) is 19.8. The van der Waals surface area contributed by atoms with Crippen molar-refractivity contribution in [3.8, 4) is 11.1 Å². The van der Waals surface area contributed by atoms with E-state index in [0.717, 1.165) is 55.0 Å². The summed E-state index contributed by atoms with van der Waals surface area (Å²) in [6, 6.07) is 17.7. The first kappa shape index (κ1) is 22.4. The summed E-state index contributed by atoms with van der Waals surface area (Å²) in [5.74, 6) is -0.254. The topological polar surface area (TPSA) is 74.6 Å². The number of benzene rings is 2. The summed E-state index contributed by atoms with van der Waals surface area (Å²) in [7, 11) is 0. The van der Waals surface area contributed by atoms with E-state index in [0.29, 0.717) is 22.4 Å². The van der Waals surface area contributed by atoms with Crippen LogP contribution in [-0.2, 0) is 0 Å². The number of para-hydroxylation sites is 2. The van der Waals surface area contributed by atoms with Gasteiger partial charge < -0.3 is 15.5 Å². The van der Waals surface area contributed by atoms with Crippen LogP contribution in [-0.4, -0.2) is 46.2 Å². The van der Waals surface area contributed by atoms with Crippen LogP contribution < -0.4 is 15.5 Å². The Morgan fingerprint density at radius 1 is 1.12 bits per heavy atom. The molecule has 2 aromatic heterocycles. The molecule has 1 aliphatic heterocycles. The van der Waals surface area contributed by atoms with E-state index in [1.807, 2.05) is 42.5 Å². The minimum Gasteiger partial charge on any atom is -0.370 e. The quantitative estimate of drug-likeness (QED) is 0.416. The molecule has 1 saturated heterocycles. The number of piperidine rings is 1. The van der Waals surface area contributed by atoms with Crippen molar-refractivity contribution in [3.63, 3.8) is 0 Å². The number of nitrogens with zero attached hydrogens (tertiary/aromatic N) is 4. The molecule has 8 heteroatoms. The van der Waals surface area contributed by atoms with Crippen molar-refractivity contribution in [2.75, 3.05) is 29.9 Å². The summed E-state index contributed by atoms with van der Waals surface area (Å²) in [6.45, 7) is 5.04. The normalized spacial score (nSPS) is 14.5. The Kier molecular flexibility index (Phi) is 6.47. The summed E-state index contributed by atoms with van der Waals surface area (Å²) >= 11 is 6.17. The molecule has 1 fully saturated rings. The average molecular weight is 475 g/mol. The molecule has 0 atom stereocenters. The molecular weight excluding hydrogens is 448 g/mol. The Hall–Kier alpha value is -3.42. The van der Waals surface area contributed by atoms with Crippen LogP contribution in [0.4, 0.5) is 11.4 Å². The predicted octanol–water partition coefficient (Wildman–Crippen LogP) is 4.88. The van der Waals surface area contributed by atoms with Crippen LogP contribution in [0.1, 0.15) is 30.3 Å². The minimum absolute atomic E-state index is 0.254. The molecule has 4 aromatic rings. The predicted molar refractivity (Wildman–Crippen MR) is 137 cm³/mol. The Morgan fingerprint density at radius 2 is 1.94 bits per heavy atom. The Morgan fingerprint density at radius 3 is 2.74 bits per heavy atom. The van der Waals surface area contributed by atoms with Gasteiger partial charge >= 0.3 is 0 Å². The number of hydrogen-bond acceptors (Lipinski definition) is 5. The van der Waals surface area contributed by atoms with E-state index in [9.17, 15) is 4.79 Å². The number of anilines is 2. The first-order chi connectivity index (χ1) is 16.6. The third-order valence-electron chi connectivity index (χ3n) is 6.22. The second-order valence-electron chi connectivity index (χ2n) is 8.44. The zero-order chi connectivity index (χ0) is 23.5. The zero-order valence-electron chi connectivity index (χ0n) is 19.0. The van der Waals surface area contributed by atoms with Crippen molar-refractivity contribution < 1.29 is 4.79 Å². The smallest absolute Gasteiger partial charge is 0.274 e. The van der Waals surface area contributed by atoms with Crippen molar-refractivity contribution in [3.05, 3.63) is 77.7 Å². The van der Waals surface area contributed by atoms with E-state index in [1.54, 1.807) is 23.0 Å². The fraction of sp³-hybridized carbons (Fsp3) is 0.269. The van der Waals surface area contributed by atoms with Crippen LogP contribution in [0, 0.1) is 0 Å². The fourth-order valence-electron chi connectivity index (χ4n) is 4.51. The number of rotatable bonds is 6. The van der Waals surface area contributed by atoms with Gasteiger partial charge in [-0.15, -0.1) is 0 Å². The number of hydrogen-bond donors (Lipinski definition) is 2. The van der Waals surface area contributed by atoms with Gasteiger partial charge in [0.15, 0.2) is 5.65 Å². The molecule has 174 valence electrons. The fourth-order valence-corrected chi connectivity index (χ4v) is 4.70. The lowest BCUT2D eigenvalue weighted by Gasteiger charge is -2.35. The number of carbonyl (C=O) groups excluding carboxylic acids is 1. The first-order valence-corrected chi connectivity index (χ1v) is 12.0. The molecular formula is C26H27ClN6O. The highest BCUT2D eigenvalue weighted by molar-refractivity contribution is 6.30. The number of nitrogens with one attached hydrogen (secondary N) is 2. The van der Waals surface area contributed by atoms with Crippen LogP contribution in [0.2, 0.25) is 5.02 Å². The van der Waals surface area contributed by atoms with E-state index >= 15 is 0 Å². The number of carbonyl (C=O) groups is 1. The molecule has 0 aliphatic carbocycles. The summed E-state index contributed by atoms with van der Waals surface area (Å²) in [6.07, 6.45) is 5.66. The van der Waals surface area contributed by atoms with Gasteiger partial charge in [-0.1, -0.05) is 42.8 Å². The van der Waals surface area contributed by atoms with Crippen LogP contribution in [0.3, 0.4) is 0 Å². The SMILES string of the molecule is CCNC1CCN(c2ccccc2NC(=O)c2ccn3ncc(-c4cccc(Cl)c4)c3n2)CC1. The molecule has 2 aromatic carbocycles. The molecule has 0 saturated carbocycles. The molecule has 7 nitrogen and oxygen atoms in total. The van der Waals surface area contributed by atoms with Gasteiger partial charge in [-0.05, 0) is 55.3 Å². The van der Waals surface area contributed by atoms with Gasteiger partial charge in [0, 0.05) is 35.9 Å². The summed E-state index contributed by atoms with van der Waals surface area (Å²) in [5.41, 5.74) is 4.49. The second kappa shape index (κ2) is 9.83. The average Bonchev–Trinajstić information content (AvgIpc) is 3.28. The molecule has 2 N–H and O–H groups in total. The van der Waals surface area contributed by atoms with Gasteiger partial charge in [0.05, 0.1) is 17.6 Å². The third kappa shape index (κ3) is 4.62. The van der Waals surface area contributed by atoms with Gasteiger partial charge in [-0.25, -0.2) is 9.50 Å². The van der Waals surface area contributed by atoms with Crippen molar-refractivity contribution in [1.29, 1.82) is 0 Å². The summed E-state index contributed by atoms with van der Waals surface area (Å²) < 4.78 is 1.66. The van der Waals surface area contributed by atoms with Crippen LogP contribution >= 0.6 is 11.6 Å². The molecule has 1 amide bonds.